The Morgan fingerprint density at radius 1 is 1.22 bits per heavy atom. The maximum Gasteiger partial charge on any atom is 0.261 e. The van der Waals surface area contributed by atoms with Crippen LogP contribution in [0.5, 0.6) is 0 Å². The van der Waals surface area contributed by atoms with Crippen LogP contribution in [0.4, 0.5) is 11.6 Å². The number of pyridine rings is 1. The van der Waals surface area contributed by atoms with Crippen LogP contribution in [-0.4, -0.2) is 58.6 Å². The van der Waals surface area contributed by atoms with E-state index in [4.69, 9.17) is 4.98 Å². The van der Waals surface area contributed by atoms with Gasteiger partial charge in [-0.05, 0) is 72.7 Å². The average molecular weight is 565 g/mol. The normalized spacial score (nSPS) is 17.1. The SMILES string of the molecule is C=C(c1cc2cnc(Nc3ccc(C4C=CCN(C)C4)cc3)nc2n(Cc2ccsc2C2=CCCC2)c1=O)N(C)C. The second-order valence-corrected chi connectivity index (χ2v) is 12.1. The predicted octanol–water partition coefficient (Wildman–Crippen LogP) is 6.33. The summed E-state index contributed by atoms with van der Waals surface area (Å²) in [6.45, 7) is 6.62. The third-order valence-electron chi connectivity index (χ3n) is 7.97. The number of hydrogen-bond donors (Lipinski definition) is 1. The van der Waals surface area contributed by atoms with E-state index in [-0.39, 0.29) is 5.56 Å². The van der Waals surface area contributed by atoms with Crippen molar-refractivity contribution in [3.63, 3.8) is 0 Å². The van der Waals surface area contributed by atoms with Crippen molar-refractivity contribution >= 4 is 45.3 Å². The Bertz CT molecular complexity index is 1710. The number of allylic oxidation sites excluding steroid dienone is 2. The molecule has 1 atom stereocenters. The molecule has 210 valence electrons. The largest absolute Gasteiger partial charge is 0.377 e. The lowest BCUT2D eigenvalue weighted by molar-refractivity contribution is 0.346. The minimum Gasteiger partial charge on any atom is -0.377 e. The molecule has 0 amide bonds. The molecule has 41 heavy (non-hydrogen) atoms. The highest BCUT2D eigenvalue weighted by Crippen LogP contribution is 2.34. The zero-order valence-corrected chi connectivity index (χ0v) is 24.7. The van der Waals surface area contributed by atoms with E-state index >= 15 is 0 Å². The van der Waals surface area contributed by atoms with Gasteiger partial charge < -0.3 is 15.1 Å². The number of thiophene rings is 1. The molecule has 0 saturated heterocycles. The summed E-state index contributed by atoms with van der Waals surface area (Å²) in [7, 11) is 5.95. The lowest BCUT2D eigenvalue weighted by Crippen LogP contribution is -2.27. The zero-order chi connectivity index (χ0) is 28.5. The van der Waals surface area contributed by atoms with Gasteiger partial charge in [0.2, 0.25) is 5.95 Å². The minimum atomic E-state index is -0.103. The van der Waals surface area contributed by atoms with E-state index in [2.05, 4.69) is 82.8 Å². The molecule has 8 heteroatoms. The molecule has 1 aliphatic heterocycles. The zero-order valence-electron chi connectivity index (χ0n) is 23.9. The van der Waals surface area contributed by atoms with Crippen molar-refractivity contribution in [3.8, 4) is 0 Å². The number of hydrogen-bond acceptors (Lipinski definition) is 7. The number of aromatic nitrogens is 3. The van der Waals surface area contributed by atoms with Crippen LogP contribution in [0.25, 0.3) is 22.3 Å². The van der Waals surface area contributed by atoms with Gasteiger partial charge in [-0.15, -0.1) is 11.3 Å². The third-order valence-corrected chi connectivity index (χ3v) is 9.01. The Balaban J connectivity index is 1.36. The van der Waals surface area contributed by atoms with Crippen molar-refractivity contribution in [1.29, 1.82) is 0 Å². The summed E-state index contributed by atoms with van der Waals surface area (Å²) in [6.07, 6.45) is 12.0. The van der Waals surface area contributed by atoms with Crippen LogP contribution >= 0.6 is 11.3 Å². The van der Waals surface area contributed by atoms with Gasteiger partial charge in [0.1, 0.15) is 5.65 Å². The number of nitrogens with zero attached hydrogens (tertiary/aromatic N) is 5. The molecular formula is C33H36N6OS. The molecule has 0 fully saturated rings. The predicted molar refractivity (Wildman–Crippen MR) is 171 cm³/mol. The Labute approximate surface area is 245 Å². The number of likely N-dealkylation sites (N-methyl/N-ethyl adjacent to an activating group) is 1. The molecular weight excluding hydrogens is 528 g/mol. The minimum absolute atomic E-state index is 0.103. The first-order chi connectivity index (χ1) is 19.9. The average Bonchev–Trinajstić information content (AvgIpc) is 3.67. The molecule has 0 bridgehead atoms. The Morgan fingerprint density at radius 3 is 2.78 bits per heavy atom. The van der Waals surface area contributed by atoms with Crippen molar-refractivity contribution in [3.05, 3.63) is 105 Å². The maximum absolute atomic E-state index is 13.9. The number of rotatable bonds is 8. The van der Waals surface area contributed by atoms with Gasteiger partial charge in [0.05, 0.1) is 12.1 Å². The summed E-state index contributed by atoms with van der Waals surface area (Å²) in [5.41, 5.74) is 6.44. The first-order valence-electron chi connectivity index (χ1n) is 14.1. The topological polar surface area (TPSA) is 66.3 Å². The van der Waals surface area contributed by atoms with Gasteiger partial charge in [-0.2, -0.15) is 4.98 Å². The lowest BCUT2D eigenvalue weighted by atomic mass is 9.96. The molecule has 7 nitrogen and oxygen atoms in total. The van der Waals surface area contributed by atoms with Gasteiger partial charge >= 0.3 is 0 Å². The third kappa shape index (κ3) is 5.62. The molecule has 0 radical (unpaired) electrons. The molecule has 4 aromatic rings. The molecule has 6 rings (SSSR count). The Hall–Kier alpha value is -4.01. The van der Waals surface area contributed by atoms with Crippen molar-refractivity contribution < 1.29 is 0 Å². The van der Waals surface area contributed by atoms with E-state index in [0.29, 0.717) is 35.3 Å². The van der Waals surface area contributed by atoms with E-state index < -0.39 is 0 Å². The standard InChI is InChI=1S/C33H36N6OS/c1-22(37(2)3)29-18-27-19-34-33(35-28-13-11-23(12-14-28)25-10-7-16-38(4)20-25)36-31(27)39(32(29)40)21-26-15-17-41-30(26)24-8-5-6-9-24/h7-8,10-15,17-19,25H,1,5-6,9,16,20-21H2,2-4H3,(H,34,35,36). The van der Waals surface area contributed by atoms with Crippen molar-refractivity contribution in [1.82, 2.24) is 24.3 Å². The number of benzene rings is 1. The second kappa shape index (κ2) is 11.5. The first kappa shape index (κ1) is 27.2. The fourth-order valence-electron chi connectivity index (χ4n) is 5.64. The first-order valence-corrected chi connectivity index (χ1v) is 15.0. The van der Waals surface area contributed by atoms with Crippen LogP contribution < -0.4 is 10.9 Å². The van der Waals surface area contributed by atoms with Crippen molar-refractivity contribution in [2.75, 3.05) is 39.5 Å². The summed E-state index contributed by atoms with van der Waals surface area (Å²) >= 11 is 1.75. The lowest BCUT2D eigenvalue weighted by Gasteiger charge is -2.25. The van der Waals surface area contributed by atoms with Crippen LogP contribution in [0.3, 0.4) is 0 Å². The fourth-order valence-corrected chi connectivity index (χ4v) is 6.63. The van der Waals surface area contributed by atoms with Gasteiger partial charge in [0.15, 0.2) is 0 Å². The van der Waals surface area contributed by atoms with E-state index in [9.17, 15) is 4.79 Å². The molecule has 2 aliphatic rings. The molecule has 4 heterocycles. The van der Waals surface area contributed by atoms with Crippen molar-refractivity contribution in [2.45, 2.75) is 31.7 Å². The van der Waals surface area contributed by atoms with E-state index in [1.807, 2.05) is 25.1 Å². The van der Waals surface area contributed by atoms with Gasteiger partial charge in [0, 0.05) is 60.9 Å². The molecule has 3 aromatic heterocycles. The van der Waals surface area contributed by atoms with Gasteiger partial charge in [-0.25, -0.2) is 4.98 Å². The van der Waals surface area contributed by atoms with Gasteiger partial charge in [0.25, 0.3) is 5.56 Å². The smallest absolute Gasteiger partial charge is 0.261 e. The fraction of sp³-hybridized carbons (Fsp3) is 0.303. The molecule has 1 aromatic carbocycles. The molecule has 1 unspecified atom stereocenters. The molecule has 0 spiro atoms. The summed E-state index contributed by atoms with van der Waals surface area (Å²) < 4.78 is 1.78. The summed E-state index contributed by atoms with van der Waals surface area (Å²) in [5.74, 6) is 0.848. The van der Waals surface area contributed by atoms with Crippen LogP contribution in [0, 0.1) is 0 Å². The van der Waals surface area contributed by atoms with Crippen molar-refractivity contribution in [2.24, 2.45) is 0 Å². The molecule has 1 N–H and O–H groups in total. The number of nitrogens with one attached hydrogen (secondary N) is 1. The molecule has 1 aliphatic carbocycles. The second-order valence-electron chi connectivity index (χ2n) is 11.2. The Kier molecular flexibility index (Phi) is 7.60. The quantitative estimate of drug-likeness (QED) is 0.252. The highest BCUT2D eigenvalue weighted by atomic mass is 32.1. The summed E-state index contributed by atoms with van der Waals surface area (Å²) in [4.78, 5) is 28.9. The van der Waals surface area contributed by atoms with E-state index in [1.54, 1.807) is 22.1 Å². The van der Waals surface area contributed by atoms with Crippen LogP contribution in [0.15, 0.2) is 77.6 Å². The van der Waals surface area contributed by atoms with Crippen LogP contribution in [0.2, 0.25) is 0 Å². The maximum atomic E-state index is 13.9. The number of fused-ring (bicyclic) bond motifs is 1. The number of anilines is 2. The Morgan fingerprint density at radius 2 is 2.05 bits per heavy atom. The van der Waals surface area contributed by atoms with E-state index in [1.165, 1.54) is 22.4 Å². The molecule has 0 saturated carbocycles. The summed E-state index contributed by atoms with van der Waals surface area (Å²) in [5, 5.41) is 6.27. The van der Waals surface area contributed by atoms with Gasteiger partial charge in [-0.3, -0.25) is 9.36 Å². The van der Waals surface area contributed by atoms with Gasteiger partial charge in [-0.1, -0.05) is 36.9 Å². The monoisotopic (exact) mass is 564 g/mol. The van der Waals surface area contributed by atoms with Crippen LogP contribution in [0.1, 0.15) is 46.7 Å². The van der Waals surface area contributed by atoms with E-state index in [0.717, 1.165) is 42.6 Å². The highest BCUT2D eigenvalue weighted by Gasteiger charge is 2.19. The van der Waals surface area contributed by atoms with Crippen LogP contribution in [-0.2, 0) is 6.54 Å². The highest BCUT2D eigenvalue weighted by molar-refractivity contribution is 7.11. The summed E-state index contributed by atoms with van der Waals surface area (Å²) in [6, 6.07) is 12.4.